The maximum absolute atomic E-state index is 12.7. The Kier molecular flexibility index (Phi) is 9.36. The van der Waals surface area contributed by atoms with Crippen LogP contribution in [0.2, 0.25) is 0 Å². The maximum Gasteiger partial charge on any atom is 0.229 e. The van der Waals surface area contributed by atoms with Crippen molar-refractivity contribution in [1.82, 2.24) is 15.3 Å². The van der Waals surface area contributed by atoms with Crippen molar-refractivity contribution in [2.75, 3.05) is 33.7 Å². The molecule has 1 amide bonds. The molecule has 2 aromatic carbocycles. The van der Waals surface area contributed by atoms with Gasteiger partial charge in [0, 0.05) is 53.9 Å². The van der Waals surface area contributed by atoms with Gasteiger partial charge in [0.25, 0.3) is 0 Å². The second-order valence-corrected chi connectivity index (χ2v) is 11.8. The van der Waals surface area contributed by atoms with E-state index in [2.05, 4.69) is 30.2 Å². The molecule has 3 aromatic rings. The molecule has 39 heavy (non-hydrogen) atoms. The fraction of sp³-hybridized carbons (Fsp3) is 0.308. The van der Waals surface area contributed by atoms with E-state index in [9.17, 15) is 22.4 Å². The molecular formula is C26H29FN6O4S2. The molecule has 4 rings (SSSR count). The first-order chi connectivity index (χ1) is 18.7. The number of thioether (sulfide) groups is 1. The standard InChI is InChI=1S/C26H29FN6O4S2/c1-39(36,37)32-20-4-2-18(3-5-20)24-10-12-28-26(31-24)30-19-6-8-22(9-7-19)33-13-11-21(29-17-34)14-23(33)15-25(35)38-16-27/h2-10,12,17,21,23,32H,11,13-16H2,1H3,(H,29,34)(H,28,30,31). The molecule has 1 aromatic heterocycles. The van der Waals surface area contributed by atoms with Crippen molar-refractivity contribution in [1.29, 1.82) is 0 Å². The number of benzene rings is 2. The zero-order valence-corrected chi connectivity index (χ0v) is 22.8. The van der Waals surface area contributed by atoms with Gasteiger partial charge < -0.3 is 15.5 Å². The Labute approximate surface area is 230 Å². The van der Waals surface area contributed by atoms with Crippen molar-refractivity contribution in [2.24, 2.45) is 0 Å². The number of aromatic nitrogens is 2. The molecule has 0 radical (unpaired) electrons. The van der Waals surface area contributed by atoms with E-state index in [0.717, 1.165) is 29.6 Å². The number of anilines is 4. The Hall–Kier alpha value is -3.71. The molecule has 0 aliphatic carbocycles. The minimum absolute atomic E-state index is 0.0237. The number of hydrogen-bond acceptors (Lipinski definition) is 9. The van der Waals surface area contributed by atoms with Crippen LogP contribution < -0.4 is 20.3 Å². The summed E-state index contributed by atoms with van der Waals surface area (Å²) in [4.78, 5) is 34.1. The molecule has 2 atom stereocenters. The highest BCUT2D eigenvalue weighted by atomic mass is 32.2. The summed E-state index contributed by atoms with van der Waals surface area (Å²) in [6, 6.07) is 15.4. The summed E-state index contributed by atoms with van der Waals surface area (Å²) < 4.78 is 37.9. The molecule has 10 nitrogen and oxygen atoms in total. The van der Waals surface area contributed by atoms with E-state index < -0.39 is 16.0 Å². The molecule has 0 saturated carbocycles. The van der Waals surface area contributed by atoms with Crippen LogP contribution in [0.4, 0.5) is 27.4 Å². The van der Waals surface area contributed by atoms with Crippen LogP contribution in [0.3, 0.4) is 0 Å². The Morgan fingerprint density at radius 3 is 2.51 bits per heavy atom. The van der Waals surface area contributed by atoms with Gasteiger partial charge in [-0.25, -0.2) is 22.8 Å². The number of nitrogens with one attached hydrogen (secondary N) is 3. The molecule has 2 unspecified atom stereocenters. The topological polar surface area (TPSA) is 133 Å². The molecular weight excluding hydrogens is 543 g/mol. The van der Waals surface area contributed by atoms with E-state index in [1.54, 1.807) is 36.5 Å². The minimum atomic E-state index is -3.36. The molecule has 1 aliphatic heterocycles. The lowest BCUT2D eigenvalue weighted by Gasteiger charge is -2.40. The Morgan fingerprint density at radius 1 is 1.13 bits per heavy atom. The van der Waals surface area contributed by atoms with Crippen molar-refractivity contribution in [3.8, 4) is 11.3 Å². The number of sulfonamides is 1. The van der Waals surface area contributed by atoms with E-state index in [1.807, 2.05) is 24.3 Å². The molecule has 13 heteroatoms. The second-order valence-electron chi connectivity index (χ2n) is 9.07. The second kappa shape index (κ2) is 12.9. The zero-order chi connectivity index (χ0) is 27.8. The Morgan fingerprint density at radius 2 is 1.85 bits per heavy atom. The molecule has 1 fully saturated rings. The van der Waals surface area contributed by atoms with E-state index in [4.69, 9.17) is 0 Å². The van der Waals surface area contributed by atoms with Gasteiger partial charge in [-0.15, -0.1) is 0 Å². The van der Waals surface area contributed by atoms with Gasteiger partial charge >= 0.3 is 0 Å². The summed E-state index contributed by atoms with van der Waals surface area (Å²) in [5.74, 6) is 0.394. The molecule has 1 saturated heterocycles. The summed E-state index contributed by atoms with van der Waals surface area (Å²) in [5.41, 5.74) is 3.62. The van der Waals surface area contributed by atoms with Gasteiger partial charge in [0.05, 0.1) is 11.9 Å². The summed E-state index contributed by atoms with van der Waals surface area (Å²) in [7, 11) is -3.36. The van der Waals surface area contributed by atoms with Gasteiger partial charge in [0.1, 0.15) is 6.01 Å². The minimum Gasteiger partial charge on any atom is -0.368 e. The first kappa shape index (κ1) is 28.3. The smallest absolute Gasteiger partial charge is 0.229 e. The lowest BCUT2D eigenvalue weighted by Crippen LogP contribution is -2.49. The van der Waals surface area contributed by atoms with E-state index in [0.29, 0.717) is 48.5 Å². The van der Waals surface area contributed by atoms with Crippen LogP contribution in [0.25, 0.3) is 11.3 Å². The van der Waals surface area contributed by atoms with E-state index in [1.165, 1.54) is 0 Å². The van der Waals surface area contributed by atoms with Crippen LogP contribution in [0.15, 0.2) is 60.8 Å². The van der Waals surface area contributed by atoms with Crippen LogP contribution in [-0.2, 0) is 19.6 Å². The number of alkyl halides is 1. The fourth-order valence-electron chi connectivity index (χ4n) is 4.51. The van der Waals surface area contributed by atoms with Crippen molar-refractivity contribution in [3.05, 3.63) is 60.8 Å². The lowest BCUT2D eigenvalue weighted by molar-refractivity contribution is -0.111. The highest BCUT2D eigenvalue weighted by molar-refractivity contribution is 8.13. The third-order valence-electron chi connectivity index (χ3n) is 6.23. The molecule has 0 bridgehead atoms. The lowest BCUT2D eigenvalue weighted by atomic mass is 9.94. The van der Waals surface area contributed by atoms with Crippen LogP contribution in [0, 0.1) is 0 Å². The number of halogens is 1. The quantitative estimate of drug-likeness (QED) is 0.292. The summed E-state index contributed by atoms with van der Waals surface area (Å²) in [5, 5.41) is 5.78. The van der Waals surface area contributed by atoms with Gasteiger partial charge in [0.15, 0.2) is 5.12 Å². The highest BCUT2D eigenvalue weighted by Gasteiger charge is 2.30. The monoisotopic (exact) mass is 572 g/mol. The number of carbonyl (C=O) groups is 2. The number of rotatable bonds is 11. The summed E-state index contributed by atoms with van der Waals surface area (Å²) >= 11 is 0.669. The van der Waals surface area contributed by atoms with Gasteiger partial charge in [0.2, 0.25) is 22.4 Å². The average molecular weight is 573 g/mol. The number of hydrogen-bond donors (Lipinski definition) is 3. The molecule has 1 aliphatic rings. The largest absolute Gasteiger partial charge is 0.368 e. The van der Waals surface area contributed by atoms with Crippen molar-refractivity contribution >= 4 is 56.3 Å². The van der Waals surface area contributed by atoms with Crippen LogP contribution in [0.1, 0.15) is 19.3 Å². The van der Waals surface area contributed by atoms with Crippen LogP contribution in [0.5, 0.6) is 0 Å². The highest BCUT2D eigenvalue weighted by Crippen LogP contribution is 2.30. The van der Waals surface area contributed by atoms with Gasteiger partial charge in [-0.3, -0.25) is 14.3 Å². The predicted molar refractivity (Wildman–Crippen MR) is 152 cm³/mol. The molecule has 206 valence electrons. The SMILES string of the molecule is CS(=O)(=O)Nc1ccc(-c2ccnc(Nc3ccc(N4CCC(NC=O)CC4CC(=O)SCF)cc3)n2)cc1. The van der Waals surface area contributed by atoms with E-state index in [-0.39, 0.29) is 23.6 Å². The van der Waals surface area contributed by atoms with Crippen LogP contribution in [-0.4, -0.2) is 60.8 Å². The van der Waals surface area contributed by atoms with Gasteiger partial charge in [-0.2, -0.15) is 0 Å². The van der Waals surface area contributed by atoms with Gasteiger partial charge in [-0.05, 0) is 55.3 Å². The Bertz CT molecular complexity index is 1390. The van der Waals surface area contributed by atoms with E-state index >= 15 is 0 Å². The molecule has 0 spiro atoms. The van der Waals surface area contributed by atoms with Crippen LogP contribution >= 0.6 is 11.8 Å². The van der Waals surface area contributed by atoms with Crippen molar-refractivity contribution in [2.45, 2.75) is 31.3 Å². The summed E-state index contributed by atoms with van der Waals surface area (Å²) in [6.07, 6.45) is 4.94. The third-order valence-corrected chi connectivity index (χ3v) is 7.44. The molecule has 3 N–H and O–H groups in total. The maximum atomic E-state index is 12.7. The number of piperidine rings is 1. The normalized spacial score (nSPS) is 17.3. The van der Waals surface area contributed by atoms with Crippen molar-refractivity contribution < 1.29 is 22.4 Å². The fourth-order valence-corrected chi connectivity index (χ4v) is 5.51. The van der Waals surface area contributed by atoms with Crippen molar-refractivity contribution in [3.63, 3.8) is 0 Å². The number of carbonyl (C=O) groups excluding carboxylic acids is 2. The number of amides is 1. The van der Waals surface area contributed by atoms with Gasteiger partial charge in [-0.1, -0.05) is 23.9 Å². The zero-order valence-electron chi connectivity index (χ0n) is 21.2. The predicted octanol–water partition coefficient (Wildman–Crippen LogP) is 3.92. The third kappa shape index (κ3) is 8.14. The number of nitrogens with zero attached hydrogens (tertiary/aromatic N) is 3. The summed E-state index contributed by atoms with van der Waals surface area (Å²) in [6.45, 7) is 0.653. The molecule has 2 heterocycles. The average Bonchev–Trinajstić information content (AvgIpc) is 2.89. The first-order valence-corrected chi connectivity index (χ1v) is 15.1. The first-order valence-electron chi connectivity index (χ1n) is 12.2. The Balaban J connectivity index is 1.45.